The number of aliphatic hydroxyl groups excluding tert-OH is 1. The van der Waals surface area contributed by atoms with Gasteiger partial charge in [0.1, 0.15) is 10.8 Å². The summed E-state index contributed by atoms with van der Waals surface area (Å²) in [6, 6.07) is 2.94. The lowest BCUT2D eigenvalue weighted by atomic mass is 9.97. The molecule has 0 saturated heterocycles. The summed E-state index contributed by atoms with van der Waals surface area (Å²) in [5, 5.41) is 17.5. The molecule has 23 heavy (non-hydrogen) atoms. The Kier molecular flexibility index (Phi) is 8.76. The van der Waals surface area contributed by atoms with Gasteiger partial charge in [-0.25, -0.2) is 4.79 Å². The Bertz CT molecular complexity index is 565. The Labute approximate surface area is 148 Å². The van der Waals surface area contributed by atoms with Gasteiger partial charge in [-0.1, -0.05) is 30.1 Å². The summed E-state index contributed by atoms with van der Waals surface area (Å²) in [4.78, 5) is 23.1. The highest BCUT2D eigenvalue weighted by atomic mass is 35.5. The van der Waals surface area contributed by atoms with E-state index >= 15 is 0 Å². The summed E-state index contributed by atoms with van der Waals surface area (Å²) in [6.45, 7) is 1.43. The number of carboxylic acid groups (broad SMARTS) is 1. The molecule has 8 heteroatoms. The van der Waals surface area contributed by atoms with E-state index in [1.54, 1.807) is 0 Å². The maximum absolute atomic E-state index is 12.6. The van der Waals surface area contributed by atoms with Crippen molar-refractivity contribution in [3.8, 4) is 5.75 Å². The van der Waals surface area contributed by atoms with Gasteiger partial charge in [0.2, 0.25) is 0 Å². The Balaban J connectivity index is 2.92. The molecule has 128 valence electrons. The zero-order valence-electron chi connectivity index (χ0n) is 12.6. The van der Waals surface area contributed by atoms with Gasteiger partial charge < -0.3 is 14.9 Å². The third-order valence-electron chi connectivity index (χ3n) is 3.08. The number of carboxylic acids is 1. The number of carbonyl (C=O) groups excluding carboxylic acids is 1. The summed E-state index contributed by atoms with van der Waals surface area (Å²) >= 11 is 13.7. The predicted octanol–water partition coefficient (Wildman–Crippen LogP) is 3.39. The number of halogens is 2. The van der Waals surface area contributed by atoms with Crippen LogP contribution in [0.1, 0.15) is 23.7 Å². The number of Topliss-reactive ketones (excluding diaryl/α,β-unsaturated/α-hetero) is 1. The van der Waals surface area contributed by atoms with Gasteiger partial charge >= 0.3 is 5.97 Å². The average molecular weight is 381 g/mol. The summed E-state index contributed by atoms with van der Waals surface area (Å²) in [5.74, 6) is -0.218. The molecule has 0 radical (unpaired) electrons. The zero-order chi connectivity index (χ0) is 17.4. The van der Waals surface area contributed by atoms with Gasteiger partial charge in [-0.15, -0.1) is 0 Å². The molecule has 5 nitrogen and oxygen atoms in total. The SMILES string of the molecule is CCC(CSCCO)C(=O)c1ccc(OCC(=O)O)c(Cl)c1Cl. The fraction of sp³-hybridized carbons (Fsp3) is 0.467. The van der Waals surface area contributed by atoms with E-state index < -0.39 is 12.6 Å². The number of thioether (sulfide) groups is 1. The molecule has 0 amide bonds. The van der Waals surface area contributed by atoms with E-state index in [4.69, 9.17) is 38.2 Å². The van der Waals surface area contributed by atoms with Crippen LogP contribution in [0.25, 0.3) is 0 Å². The van der Waals surface area contributed by atoms with E-state index in [0.29, 0.717) is 17.9 Å². The number of carbonyl (C=O) groups is 2. The molecule has 0 aliphatic heterocycles. The van der Waals surface area contributed by atoms with Gasteiger partial charge in [0.25, 0.3) is 0 Å². The molecule has 1 aromatic rings. The Hall–Kier alpha value is -0.950. The van der Waals surface area contributed by atoms with Crippen molar-refractivity contribution in [1.29, 1.82) is 0 Å². The number of ketones is 1. The van der Waals surface area contributed by atoms with E-state index in [2.05, 4.69) is 0 Å². The lowest BCUT2D eigenvalue weighted by Crippen LogP contribution is -2.18. The average Bonchev–Trinajstić information content (AvgIpc) is 2.52. The third kappa shape index (κ3) is 5.88. The summed E-state index contributed by atoms with van der Waals surface area (Å²) in [5.41, 5.74) is 0.288. The molecule has 1 rings (SSSR count). The molecule has 0 aliphatic carbocycles. The van der Waals surface area contributed by atoms with E-state index in [1.807, 2.05) is 6.92 Å². The van der Waals surface area contributed by atoms with Crippen LogP contribution in [0, 0.1) is 5.92 Å². The molecule has 0 fully saturated rings. The molecule has 0 aliphatic rings. The van der Waals surface area contributed by atoms with Crippen molar-refractivity contribution in [2.45, 2.75) is 13.3 Å². The van der Waals surface area contributed by atoms with E-state index in [0.717, 1.165) is 0 Å². The lowest BCUT2D eigenvalue weighted by Gasteiger charge is -2.16. The second-order valence-corrected chi connectivity index (χ2v) is 6.60. The van der Waals surface area contributed by atoms with Gasteiger partial charge in [-0.2, -0.15) is 11.8 Å². The van der Waals surface area contributed by atoms with Crippen molar-refractivity contribution in [3.63, 3.8) is 0 Å². The topological polar surface area (TPSA) is 83.8 Å². The molecular formula is C15H18Cl2O5S. The molecule has 2 N–H and O–H groups in total. The van der Waals surface area contributed by atoms with Crippen molar-refractivity contribution in [3.05, 3.63) is 27.7 Å². The third-order valence-corrected chi connectivity index (χ3v) is 5.06. The van der Waals surface area contributed by atoms with Gasteiger partial charge in [-0.3, -0.25) is 4.79 Å². The van der Waals surface area contributed by atoms with E-state index in [9.17, 15) is 9.59 Å². The molecule has 0 bridgehead atoms. The van der Waals surface area contributed by atoms with Crippen LogP contribution >= 0.6 is 35.0 Å². The largest absolute Gasteiger partial charge is 0.480 e. The molecule has 1 unspecified atom stereocenters. The van der Waals surface area contributed by atoms with Crippen LogP contribution < -0.4 is 4.74 Å². The molecule has 1 aromatic carbocycles. The van der Waals surface area contributed by atoms with Crippen LogP contribution in [0.5, 0.6) is 5.75 Å². The van der Waals surface area contributed by atoms with Gasteiger partial charge in [0.05, 0.1) is 11.6 Å². The summed E-state index contributed by atoms with van der Waals surface area (Å²) in [7, 11) is 0. The fourth-order valence-electron chi connectivity index (χ4n) is 1.86. The minimum atomic E-state index is -1.13. The molecule has 0 heterocycles. The van der Waals surface area contributed by atoms with E-state index in [1.165, 1.54) is 23.9 Å². The standard InChI is InChI=1S/C15H18Cl2O5S/c1-2-9(8-23-6-5-18)15(21)10-3-4-11(14(17)13(10)16)22-7-12(19)20/h3-4,9,18H,2,5-8H2,1H3,(H,19,20). The number of hydrogen-bond acceptors (Lipinski definition) is 5. The first-order chi connectivity index (χ1) is 10.9. The Morgan fingerprint density at radius 3 is 2.57 bits per heavy atom. The maximum Gasteiger partial charge on any atom is 0.341 e. The van der Waals surface area contributed by atoms with Crippen LogP contribution in [0.4, 0.5) is 0 Å². The second-order valence-electron chi connectivity index (χ2n) is 4.69. The molecule has 0 spiro atoms. The number of hydrogen-bond donors (Lipinski definition) is 2. The smallest absolute Gasteiger partial charge is 0.341 e. The second kappa shape index (κ2) is 10.0. The minimum Gasteiger partial charge on any atom is -0.480 e. The maximum atomic E-state index is 12.6. The molecule has 0 aromatic heterocycles. The van der Waals surface area contributed by atoms with Crippen LogP contribution in [0.2, 0.25) is 10.0 Å². The summed E-state index contributed by atoms with van der Waals surface area (Å²) in [6.07, 6.45) is 0.641. The van der Waals surface area contributed by atoms with Gasteiger partial charge in [-0.05, 0) is 18.6 Å². The zero-order valence-corrected chi connectivity index (χ0v) is 14.9. The lowest BCUT2D eigenvalue weighted by molar-refractivity contribution is -0.139. The van der Waals surface area contributed by atoms with Gasteiger partial charge in [0, 0.05) is 23.0 Å². The van der Waals surface area contributed by atoms with Gasteiger partial charge in [0.15, 0.2) is 12.4 Å². The number of aliphatic carboxylic acids is 1. The van der Waals surface area contributed by atoms with Crippen molar-refractivity contribution in [2.24, 2.45) is 5.92 Å². The van der Waals surface area contributed by atoms with Crippen molar-refractivity contribution in [1.82, 2.24) is 0 Å². The predicted molar refractivity (Wildman–Crippen MR) is 92.1 cm³/mol. The number of ether oxygens (including phenoxy) is 1. The minimum absolute atomic E-state index is 0.0247. The highest BCUT2D eigenvalue weighted by molar-refractivity contribution is 7.99. The summed E-state index contributed by atoms with van der Waals surface area (Å²) < 4.78 is 5.02. The number of rotatable bonds is 10. The first-order valence-corrected chi connectivity index (χ1v) is 8.88. The van der Waals surface area contributed by atoms with Crippen molar-refractivity contribution >= 4 is 46.7 Å². The van der Waals surface area contributed by atoms with Crippen LogP contribution in [-0.4, -0.2) is 46.7 Å². The van der Waals surface area contributed by atoms with Crippen molar-refractivity contribution < 1.29 is 24.5 Å². The van der Waals surface area contributed by atoms with E-state index in [-0.39, 0.29) is 39.7 Å². The monoisotopic (exact) mass is 380 g/mol. The van der Waals surface area contributed by atoms with Crippen LogP contribution in [-0.2, 0) is 4.79 Å². The first-order valence-electron chi connectivity index (χ1n) is 6.97. The molecule has 0 saturated carbocycles. The molecule has 1 atom stereocenters. The first kappa shape index (κ1) is 20.1. The van der Waals surface area contributed by atoms with Crippen molar-refractivity contribution in [2.75, 3.05) is 24.7 Å². The highest BCUT2D eigenvalue weighted by Crippen LogP contribution is 2.36. The quantitative estimate of drug-likeness (QED) is 0.478. The Morgan fingerprint density at radius 1 is 1.30 bits per heavy atom. The van der Waals surface area contributed by atoms with Crippen LogP contribution in [0.15, 0.2) is 12.1 Å². The number of aliphatic hydroxyl groups is 1. The van der Waals surface area contributed by atoms with Crippen LogP contribution in [0.3, 0.4) is 0 Å². The Morgan fingerprint density at radius 2 is 2.00 bits per heavy atom. The fourth-order valence-corrected chi connectivity index (χ4v) is 3.30. The highest BCUT2D eigenvalue weighted by Gasteiger charge is 2.23. The molecular weight excluding hydrogens is 363 g/mol. The normalized spacial score (nSPS) is 12.0. The number of benzene rings is 1.